The van der Waals surface area contributed by atoms with Gasteiger partial charge >= 0.3 is 0 Å². The first kappa shape index (κ1) is 15.9. The minimum atomic E-state index is -3.16. The predicted molar refractivity (Wildman–Crippen MR) is 76.1 cm³/mol. The molecule has 0 aliphatic heterocycles. The molecule has 0 aromatic rings. The van der Waals surface area contributed by atoms with Gasteiger partial charge in [0, 0.05) is 19.6 Å². The largest absolute Gasteiger partial charge is 0.316 e. The van der Waals surface area contributed by atoms with Crippen LogP contribution in [0.1, 0.15) is 46.5 Å². The standard InChI is InChI=1S/C13H28N2O2S/c1-5-14-10-12(3)18(16,17)15(4)13-8-6-11(2)7-9-13/h11-14H,5-10H2,1-4H3. The van der Waals surface area contributed by atoms with Gasteiger partial charge < -0.3 is 5.32 Å². The van der Waals surface area contributed by atoms with Crippen molar-refractivity contribution in [1.82, 2.24) is 9.62 Å². The number of sulfonamides is 1. The average Bonchev–Trinajstić information content (AvgIpc) is 2.35. The summed E-state index contributed by atoms with van der Waals surface area (Å²) in [5, 5.41) is 2.77. The molecule has 1 rings (SSSR count). The summed E-state index contributed by atoms with van der Waals surface area (Å²) in [5.74, 6) is 0.747. The summed E-state index contributed by atoms with van der Waals surface area (Å²) in [6.07, 6.45) is 4.30. The molecule has 4 nitrogen and oxygen atoms in total. The molecule has 1 unspecified atom stereocenters. The molecule has 0 spiro atoms. The lowest BCUT2D eigenvalue weighted by Gasteiger charge is -2.34. The second kappa shape index (κ2) is 6.87. The van der Waals surface area contributed by atoms with Crippen molar-refractivity contribution in [2.24, 2.45) is 5.92 Å². The number of hydrogen-bond donors (Lipinski definition) is 1. The smallest absolute Gasteiger partial charge is 0.217 e. The first-order valence-corrected chi connectivity index (χ1v) is 8.57. The van der Waals surface area contributed by atoms with Crippen LogP contribution in [0.2, 0.25) is 0 Å². The molecule has 0 saturated heterocycles. The molecule has 1 atom stereocenters. The van der Waals surface area contributed by atoms with Crippen LogP contribution >= 0.6 is 0 Å². The third-order valence-electron chi connectivity index (χ3n) is 4.09. The molecule has 1 fully saturated rings. The lowest BCUT2D eigenvalue weighted by molar-refractivity contribution is 0.244. The molecule has 0 amide bonds. The van der Waals surface area contributed by atoms with Crippen LogP contribution in [0.3, 0.4) is 0 Å². The van der Waals surface area contributed by atoms with Crippen LogP contribution in [-0.4, -0.2) is 44.2 Å². The molecule has 0 bridgehead atoms. The van der Waals surface area contributed by atoms with Gasteiger partial charge in [-0.05, 0) is 45.1 Å². The van der Waals surface area contributed by atoms with E-state index in [4.69, 9.17) is 0 Å². The summed E-state index contributed by atoms with van der Waals surface area (Å²) in [6.45, 7) is 7.38. The zero-order chi connectivity index (χ0) is 13.8. The third kappa shape index (κ3) is 3.93. The van der Waals surface area contributed by atoms with Crippen molar-refractivity contribution in [3.8, 4) is 0 Å². The Morgan fingerprint density at radius 1 is 1.28 bits per heavy atom. The van der Waals surface area contributed by atoms with Crippen LogP contribution in [0, 0.1) is 5.92 Å². The van der Waals surface area contributed by atoms with Gasteiger partial charge in [0.15, 0.2) is 0 Å². The van der Waals surface area contributed by atoms with Crippen molar-refractivity contribution in [2.75, 3.05) is 20.1 Å². The lowest BCUT2D eigenvalue weighted by atomic mass is 9.87. The van der Waals surface area contributed by atoms with E-state index in [0.29, 0.717) is 6.54 Å². The normalized spacial score (nSPS) is 27.4. The Morgan fingerprint density at radius 3 is 2.33 bits per heavy atom. The number of rotatable bonds is 6. The Balaban J connectivity index is 2.60. The first-order valence-electron chi connectivity index (χ1n) is 7.07. The van der Waals surface area contributed by atoms with Crippen molar-refractivity contribution < 1.29 is 8.42 Å². The second-order valence-corrected chi connectivity index (χ2v) is 8.00. The molecular formula is C13H28N2O2S. The van der Waals surface area contributed by atoms with E-state index < -0.39 is 10.0 Å². The fourth-order valence-electron chi connectivity index (χ4n) is 2.55. The van der Waals surface area contributed by atoms with Crippen LogP contribution in [0.5, 0.6) is 0 Å². The molecule has 0 aromatic heterocycles. The Kier molecular flexibility index (Phi) is 6.08. The van der Waals surface area contributed by atoms with Gasteiger partial charge in [-0.2, -0.15) is 0 Å². The second-order valence-electron chi connectivity index (χ2n) is 5.59. The van der Waals surface area contributed by atoms with Crippen molar-refractivity contribution in [3.05, 3.63) is 0 Å². The van der Waals surface area contributed by atoms with Crippen molar-refractivity contribution in [2.45, 2.75) is 57.7 Å². The topological polar surface area (TPSA) is 49.4 Å². The van der Waals surface area contributed by atoms with Crippen LogP contribution in [0.4, 0.5) is 0 Å². The van der Waals surface area contributed by atoms with Crippen LogP contribution in [-0.2, 0) is 10.0 Å². The molecule has 5 heteroatoms. The molecule has 108 valence electrons. The highest BCUT2D eigenvalue weighted by Crippen LogP contribution is 2.28. The fraction of sp³-hybridized carbons (Fsp3) is 1.00. The zero-order valence-electron chi connectivity index (χ0n) is 12.1. The molecule has 1 saturated carbocycles. The maximum atomic E-state index is 12.4. The van der Waals surface area contributed by atoms with Gasteiger partial charge in [0.1, 0.15) is 0 Å². The zero-order valence-corrected chi connectivity index (χ0v) is 13.0. The summed E-state index contributed by atoms with van der Waals surface area (Å²) in [4.78, 5) is 0. The van der Waals surface area contributed by atoms with Crippen LogP contribution in [0.15, 0.2) is 0 Å². The van der Waals surface area contributed by atoms with Gasteiger partial charge in [-0.3, -0.25) is 0 Å². The number of hydrogen-bond acceptors (Lipinski definition) is 3. The quantitative estimate of drug-likeness (QED) is 0.805. The van der Waals surface area contributed by atoms with E-state index in [1.165, 1.54) is 0 Å². The van der Waals surface area contributed by atoms with Gasteiger partial charge in [0.2, 0.25) is 10.0 Å². The highest BCUT2D eigenvalue weighted by atomic mass is 32.2. The van der Waals surface area contributed by atoms with Crippen LogP contribution < -0.4 is 5.32 Å². The molecule has 1 N–H and O–H groups in total. The molecule has 1 aliphatic rings. The minimum Gasteiger partial charge on any atom is -0.316 e. The third-order valence-corrected chi connectivity index (χ3v) is 6.38. The number of nitrogens with one attached hydrogen (secondary N) is 1. The monoisotopic (exact) mass is 276 g/mol. The van der Waals surface area contributed by atoms with Crippen molar-refractivity contribution >= 4 is 10.0 Å². The highest BCUT2D eigenvalue weighted by Gasteiger charge is 2.32. The minimum absolute atomic E-state index is 0.204. The van der Waals surface area contributed by atoms with E-state index >= 15 is 0 Å². The molecule has 0 heterocycles. The highest BCUT2D eigenvalue weighted by molar-refractivity contribution is 7.89. The van der Waals surface area contributed by atoms with Crippen molar-refractivity contribution in [1.29, 1.82) is 0 Å². The van der Waals surface area contributed by atoms with E-state index in [2.05, 4.69) is 12.2 Å². The van der Waals surface area contributed by atoms with Gasteiger partial charge in [-0.25, -0.2) is 12.7 Å². The van der Waals surface area contributed by atoms with Gasteiger partial charge in [0.25, 0.3) is 0 Å². The summed E-state index contributed by atoms with van der Waals surface area (Å²) in [7, 11) is -1.41. The van der Waals surface area contributed by atoms with Gasteiger partial charge in [-0.1, -0.05) is 13.8 Å². The molecule has 0 radical (unpaired) electrons. The Bertz CT molecular complexity index is 335. The lowest BCUT2D eigenvalue weighted by Crippen LogP contribution is -2.45. The number of nitrogens with zero attached hydrogens (tertiary/aromatic N) is 1. The van der Waals surface area contributed by atoms with E-state index in [1.54, 1.807) is 18.3 Å². The van der Waals surface area contributed by atoms with E-state index in [1.807, 2.05) is 6.92 Å². The predicted octanol–water partition coefficient (Wildman–Crippen LogP) is 1.82. The maximum Gasteiger partial charge on any atom is 0.217 e. The van der Waals surface area contributed by atoms with Crippen molar-refractivity contribution in [3.63, 3.8) is 0 Å². The first-order chi connectivity index (χ1) is 8.39. The van der Waals surface area contributed by atoms with E-state index in [9.17, 15) is 8.42 Å². The fourth-order valence-corrected chi connectivity index (χ4v) is 4.07. The van der Waals surface area contributed by atoms with E-state index in [-0.39, 0.29) is 11.3 Å². The Labute approximate surface area is 112 Å². The summed E-state index contributed by atoms with van der Waals surface area (Å²) >= 11 is 0. The molecular weight excluding hydrogens is 248 g/mol. The molecule has 18 heavy (non-hydrogen) atoms. The van der Waals surface area contributed by atoms with Crippen LogP contribution in [0.25, 0.3) is 0 Å². The summed E-state index contributed by atoms with van der Waals surface area (Å²) < 4.78 is 26.4. The molecule has 0 aromatic carbocycles. The van der Waals surface area contributed by atoms with Gasteiger partial charge in [-0.15, -0.1) is 0 Å². The molecule has 1 aliphatic carbocycles. The summed E-state index contributed by atoms with van der Waals surface area (Å²) in [6, 6.07) is 0.204. The maximum absolute atomic E-state index is 12.4. The van der Waals surface area contributed by atoms with E-state index in [0.717, 1.165) is 38.1 Å². The Morgan fingerprint density at radius 2 is 1.83 bits per heavy atom. The SMILES string of the molecule is CCNCC(C)S(=O)(=O)N(C)C1CCC(C)CC1. The average molecular weight is 276 g/mol. The van der Waals surface area contributed by atoms with Gasteiger partial charge in [0.05, 0.1) is 5.25 Å². The Hall–Kier alpha value is -0.130. The summed E-state index contributed by atoms with van der Waals surface area (Å²) in [5.41, 5.74) is 0.